The molecule has 2 amide bonds. The minimum atomic E-state index is -1.27. The summed E-state index contributed by atoms with van der Waals surface area (Å²) in [4.78, 5) is 37.5. The fourth-order valence-electron chi connectivity index (χ4n) is 4.99. The van der Waals surface area contributed by atoms with Gasteiger partial charge in [0.05, 0.1) is 12.7 Å². The summed E-state index contributed by atoms with van der Waals surface area (Å²) in [7, 11) is 0. The summed E-state index contributed by atoms with van der Waals surface area (Å²) in [6.45, 7) is 1.96. The summed E-state index contributed by atoms with van der Waals surface area (Å²) in [5.41, 5.74) is 5.90. The van der Waals surface area contributed by atoms with Crippen LogP contribution in [0.1, 0.15) is 39.9 Å². The first-order chi connectivity index (χ1) is 19.9. The molecule has 4 aromatic rings. The van der Waals surface area contributed by atoms with Crippen LogP contribution in [0, 0.1) is 0 Å². The molecule has 2 atom stereocenters. The lowest BCUT2D eigenvalue weighted by molar-refractivity contribution is -0.143. The maximum atomic E-state index is 12.9. The molecular weight excluding hydrogens is 520 g/mol. The summed E-state index contributed by atoms with van der Waals surface area (Å²) in [6, 6.07) is 30.4. The number of amides is 2. The second kappa shape index (κ2) is 12.5. The second-order valence-electron chi connectivity index (χ2n) is 9.82. The van der Waals surface area contributed by atoms with Crippen LogP contribution in [0.5, 0.6) is 0 Å². The van der Waals surface area contributed by atoms with Crippen molar-refractivity contribution in [1.82, 2.24) is 5.32 Å². The zero-order chi connectivity index (χ0) is 28.8. The van der Waals surface area contributed by atoms with E-state index in [0.29, 0.717) is 5.69 Å². The van der Waals surface area contributed by atoms with E-state index in [-0.39, 0.29) is 24.7 Å². The second-order valence-corrected chi connectivity index (χ2v) is 9.82. The summed E-state index contributed by atoms with van der Waals surface area (Å²) in [6.07, 6.45) is -1.45. The molecule has 4 aromatic carbocycles. The Morgan fingerprint density at radius 2 is 1.46 bits per heavy atom. The Kier molecular flexibility index (Phi) is 8.41. The molecule has 8 nitrogen and oxygen atoms in total. The predicted molar refractivity (Wildman–Crippen MR) is 155 cm³/mol. The fraction of sp³-hybridized carbons (Fsp3) is 0.182. The van der Waals surface area contributed by atoms with E-state index >= 15 is 0 Å². The molecule has 0 heterocycles. The van der Waals surface area contributed by atoms with Gasteiger partial charge in [0.15, 0.2) is 6.04 Å². The highest BCUT2D eigenvalue weighted by Gasteiger charge is 2.30. The lowest BCUT2D eigenvalue weighted by atomic mass is 9.98. The van der Waals surface area contributed by atoms with Gasteiger partial charge in [-0.3, -0.25) is 10.1 Å². The molecule has 0 aliphatic heterocycles. The minimum absolute atomic E-state index is 0.0793. The predicted octanol–water partition coefficient (Wildman–Crippen LogP) is 5.84. The Labute approximate surface area is 237 Å². The molecule has 1 aliphatic rings. The van der Waals surface area contributed by atoms with E-state index in [0.717, 1.165) is 27.8 Å². The maximum Gasteiger partial charge on any atom is 0.411 e. The number of benzene rings is 4. The average Bonchev–Trinajstić information content (AvgIpc) is 3.31. The van der Waals surface area contributed by atoms with Crippen LogP contribution in [0.2, 0.25) is 0 Å². The molecule has 3 N–H and O–H groups in total. The van der Waals surface area contributed by atoms with Gasteiger partial charge in [0.1, 0.15) is 6.61 Å². The molecular formula is C33H30N2O6. The van der Waals surface area contributed by atoms with Gasteiger partial charge in [-0.15, -0.1) is 0 Å². The molecule has 41 heavy (non-hydrogen) atoms. The van der Waals surface area contributed by atoms with E-state index in [4.69, 9.17) is 9.47 Å². The summed E-state index contributed by atoms with van der Waals surface area (Å²) >= 11 is 0. The first-order valence-electron chi connectivity index (χ1n) is 13.3. The van der Waals surface area contributed by atoms with Crippen LogP contribution in [-0.4, -0.2) is 41.8 Å². The van der Waals surface area contributed by atoms with Gasteiger partial charge >= 0.3 is 12.1 Å². The highest BCUT2D eigenvalue weighted by molar-refractivity contribution is 5.98. The third-order valence-electron chi connectivity index (χ3n) is 7.09. The SMILES string of the molecule is C[C@@H](OCc1ccccc1)[C@H](NC(=O)c1cccc(NC(=O)OCC2c3ccccc3-c3ccccc32)c1)C(=O)O. The first-order valence-corrected chi connectivity index (χ1v) is 13.3. The van der Waals surface area contributed by atoms with E-state index in [9.17, 15) is 19.5 Å². The molecule has 0 radical (unpaired) electrons. The molecule has 0 bridgehead atoms. The number of carbonyl (C=O) groups excluding carboxylic acids is 2. The molecule has 1 aliphatic carbocycles. The highest BCUT2D eigenvalue weighted by Crippen LogP contribution is 2.44. The van der Waals surface area contributed by atoms with E-state index in [2.05, 4.69) is 22.8 Å². The topological polar surface area (TPSA) is 114 Å². The lowest BCUT2D eigenvalue weighted by Crippen LogP contribution is -2.48. The van der Waals surface area contributed by atoms with Crippen molar-refractivity contribution in [2.24, 2.45) is 0 Å². The van der Waals surface area contributed by atoms with Crippen molar-refractivity contribution >= 4 is 23.7 Å². The molecule has 5 rings (SSSR count). The van der Waals surface area contributed by atoms with Crippen LogP contribution in [0.25, 0.3) is 11.1 Å². The van der Waals surface area contributed by atoms with Gasteiger partial charge in [0.25, 0.3) is 5.91 Å². The van der Waals surface area contributed by atoms with Crippen LogP contribution < -0.4 is 10.6 Å². The van der Waals surface area contributed by atoms with Crippen molar-refractivity contribution in [2.45, 2.75) is 31.6 Å². The number of fused-ring (bicyclic) bond motifs is 3. The number of carbonyl (C=O) groups is 3. The highest BCUT2D eigenvalue weighted by atomic mass is 16.5. The third-order valence-corrected chi connectivity index (χ3v) is 7.09. The summed E-state index contributed by atoms with van der Waals surface area (Å²) in [5, 5.41) is 14.9. The Hall–Kier alpha value is -4.95. The number of aliphatic carboxylic acids is 1. The summed E-state index contributed by atoms with van der Waals surface area (Å²) in [5.74, 6) is -1.90. The van der Waals surface area contributed by atoms with Crippen molar-refractivity contribution in [2.75, 3.05) is 11.9 Å². The average molecular weight is 551 g/mol. The molecule has 8 heteroatoms. The molecule has 0 fully saturated rings. The first kappa shape index (κ1) is 27.6. The molecule has 0 unspecified atom stereocenters. The Morgan fingerprint density at radius 3 is 2.12 bits per heavy atom. The van der Waals surface area contributed by atoms with Gasteiger partial charge in [0.2, 0.25) is 0 Å². The van der Waals surface area contributed by atoms with Crippen LogP contribution >= 0.6 is 0 Å². The Bertz CT molecular complexity index is 1510. The van der Waals surface area contributed by atoms with Gasteiger partial charge in [-0.05, 0) is 52.9 Å². The van der Waals surface area contributed by atoms with Gasteiger partial charge in [-0.2, -0.15) is 0 Å². The number of nitrogens with one attached hydrogen (secondary N) is 2. The van der Waals surface area contributed by atoms with E-state index < -0.39 is 30.1 Å². The maximum absolute atomic E-state index is 12.9. The third kappa shape index (κ3) is 6.45. The Balaban J connectivity index is 1.18. The number of hydrogen-bond donors (Lipinski definition) is 3. The van der Waals surface area contributed by atoms with Crippen molar-refractivity contribution < 1.29 is 29.0 Å². The van der Waals surface area contributed by atoms with Gasteiger partial charge in [0, 0.05) is 17.2 Å². The number of rotatable bonds is 10. The Morgan fingerprint density at radius 1 is 0.829 bits per heavy atom. The quantitative estimate of drug-likeness (QED) is 0.229. The zero-order valence-electron chi connectivity index (χ0n) is 22.4. The van der Waals surface area contributed by atoms with Crippen molar-refractivity contribution in [3.05, 3.63) is 125 Å². The normalized spacial score (nSPS) is 13.4. The molecule has 0 aromatic heterocycles. The smallest absolute Gasteiger partial charge is 0.411 e. The molecule has 0 saturated heterocycles. The number of carboxylic acid groups (broad SMARTS) is 1. The van der Waals surface area contributed by atoms with Crippen molar-refractivity contribution in [3.63, 3.8) is 0 Å². The van der Waals surface area contributed by atoms with Crippen LogP contribution in [0.3, 0.4) is 0 Å². The monoisotopic (exact) mass is 550 g/mol. The van der Waals surface area contributed by atoms with Crippen LogP contribution in [-0.2, 0) is 20.9 Å². The van der Waals surface area contributed by atoms with E-state index in [1.807, 2.05) is 66.7 Å². The molecule has 0 spiro atoms. The minimum Gasteiger partial charge on any atom is -0.480 e. The van der Waals surface area contributed by atoms with Crippen molar-refractivity contribution in [3.8, 4) is 11.1 Å². The number of carboxylic acids is 1. The van der Waals surface area contributed by atoms with Gasteiger partial charge < -0.3 is 19.9 Å². The number of ether oxygens (including phenoxy) is 2. The standard InChI is InChI=1S/C33H30N2O6/c1-21(40-19-22-10-3-2-4-11-22)30(32(37)38)35-31(36)23-12-9-13-24(18-23)34-33(39)41-20-29-27-16-7-5-14-25(27)26-15-6-8-17-28(26)29/h2-18,21,29-30H,19-20H2,1H3,(H,34,39)(H,35,36)(H,37,38)/t21-,30+/m1/s1. The van der Waals surface area contributed by atoms with Gasteiger partial charge in [-0.25, -0.2) is 9.59 Å². The summed E-state index contributed by atoms with van der Waals surface area (Å²) < 4.78 is 11.3. The van der Waals surface area contributed by atoms with E-state index in [1.54, 1.807) is 19.1 Å². The van der Waals surface area contributed by atoms with Crippen molar-refractivity contribution in [1.29, 1.82) is 0 Å². The molecule has 208 valence electrons. The zero-order valence-corrected chi connectivity index (χ0v) is 22.4. The fourth-order valence-corrected chi connectivity index (χ4v) is 4.99. The van der Waals surface area contributed by atoms with E-state index in [1.165, 1.54) is 12.1 Å². The largest absolute Gasteiger partial charge is 0.480 e. The number of hydrogen-bond acceptors (Lipinski definition) is 5. The van der Waals surface area contributed by atoms with Crippen LogP contribution in [0.4, 0.5) is 10.5 Å². The lowest BCUT2D eigenvalue weighted by Gasteiger charge is -2.22. The molecule has 0 saturated carbocycles. The number of anilines is 1. The van der Waals surface area contributed by atoms with Gasteiger partial charge in [-0.1, -0.05) is 84.9 Å². The van der Waals surface area contributed by atoms with Crippen LogP contribution in [0.15, 0.2) is 103 Å².